The normalized spacial score (nSPS) is 16.7. The van der Waals surface area contributed by atoms with Gasteiger partial charge < -0.3 is 19.9 Å². The second-order valence-electron chi connectivity index (χ2n) is 6.06. The zero-order valence-corrected chi connectivity index (χ0v) is 15.4. The molecule has 0 saturated carbocycles. The van der Waals surface area contributed by atoms with Crippen molar-refractivity contribution in [1.82, 2.24) is 10.2 Å². The monoisotopic (exact) mass is 354 g/mol. The van der Waals surface area contributed by atoms with E-state index >= 15 is 0 Å². The van der Waals surface area contributed by atoms with Crippen LogP contribution in [-0.4, -0.2) is 55.7 Å². The van der Waals surface area contributed by atoms with Crippen LogP contribution in [0.3, 0.4) is 0 Å². The molecule has 0 bridgehead atoms. The van der Waals surface area contributed by atoms with E-state index in [1.165, 1.54) is 9.78 Å². The van der Waals surface area contributed by atoms with Crippen LogP contribution in [0.5, 0.6) is 0 Å². The van der Waals surface area contributed by atoms with Crippen molar-refractivity contribution < 1.29 is 19.2 Å². The molecule has 134 valence electrons. The zero-order valence-electron chi connectivity index (χ0n) is 14.5. The number of hydrogen-bond acceptors (Lipinski definition) is 4. The summed E-state index contributed by atoms with van der Waals surface area (Å²) < 4.78 is 5.01. The Bertz CT molecular complexity index is 513. The van der Waals surface area contributed by atoms with Crippen LogP contribution in [0.2, 0.25) is 0 Å². The average Bonchev–Trinajstić information content (AvgIpc) is 3.08. The molecule has 6 nitrogen and oxygen atoms in total. The Kier molecular flexibility index (Phi) is 7.52. The van der Waals surface area contributed by atoms with Gasteiger partial charge in [0, 0.05) is 19.1 Å². The molecule has 0 spiro atoms. The highest BCUT2D eigenvalue weighted by atomic mass is 32.1. The molecule has 24 heavy (non-hydrogen) atoms. The minimum atomic E-state index is -0.250. The van der Waals surface area contributed by atoms with E-state index in [1.54, 1.807) is 16.2 Å². The van der Waals surface area contributed by atoms with Gasteiger partial charge in [0.15, 0.2) is 6.54 Å². The van der Waals surface area contributed by atoms with Crippen LogP contribution in [-0.2, 0) is 16.1 Å². The van der Waals surface area contributed by atoms with Gasteiger partial charge in [0.1, 0.15) is 6.54 Å². The molecule has 0 radical (unpaired) electrons. The number of rotatable bonds is 7. The lowest BCUT2D eigenvalue weighted by atomic mass is 10.1. The molecule has 1 saturated heterocycles. The van der Waals surface area contributed by atoms with Crippen LogP contribution >= 0.6 is 11.3 Å². The van der Waals surface area contributed by atoms with Gasteiger partial charge in [-0.25, -0.2) is 4.79 Å². The molecular formula is C17H28N3O3S+. The molecule has 2 N–H and O–H groups in total. The number of hydrogen-bond donors (Lipinski definition) is 2. The number of nitrogens with zero attached hydrogens (tertiary/aromatic N) is 1. The molecule has 0 aromatic carbocycles. The standard InChI is InChI=1S/C17H27N3O3S/c1-3-19(12-15-6-5-11-24-15)13-16(21)18-14-7-9-20(10-8-14)17(22)23-4-2/h5-6,11,14H,3-4,7-10,12-13H2,1-2H3,(H,18,21)/p+1. The second kappa shape index (κ2) is 9.64. The largest absolute Gasteiger partial charge is 0.450 e. The molecule has 1 aromatic rings. The number of likely N-dealkylation sites (N-methyl/N-ethyl adjacent to an activating group) is 1. The number of quaternary nitrogens is 1. The molecule has 1 aliphatic heterocycles. The van der Waals surface area contributed by atoms with E-state index in [0.29, 0.717) is 26.2 Å². The first kappa shape index (κ1) is 18.7. The van der Waals surface area contributed by atoms with Crippen LogP contribution < -0.4 is 10.2 Å². The smallest absolute Gasteiger partial charge is 0.409 e. The average molecular weight is 354 g/mol. The van der Waals surface area contributed by atoms with Gasteiger partial charge in [0.2, 0.25) is 0 Å². The summed E-state index contributed by atoms with van der Waals surface area (Å²) in [4.78, 5) is 28.3. The Hall–Kier alpha value is -1.60. The fourth-order valence-corrected chi connectivity index (χ4v) is 3.68. The predicted molar refractivity (Wildman–Crippen MR) is 94.2 cm³/mol. The zero-order chi connectivity index (χ0) is 17.4. The Labute approximate surface area is 147 Å². The Morgan fingerprint density at radius 2 is 2.12 bits per heavy atom. The van der Waals surface area contributed by atoms with Crippen molar-refractivity contribution in [2.75, 3.05) is 32.8 Å². The van der Waals surface area contributed by atoms with Crippen molar-refractivity contribution >= 4 is 23.3 Å². The summed E-state index contributed by atoms with van der Waals surface area (Å²) >= 11 is 1.73. The summed E-state index contributed by atoms with van der Waals surface area (Å²) in [7, 11) is 0. The van der Waals surface area contributed by atoms with Gasteiger partial charge in [-0.3, -0.25) is 4.79 Å². The fraction of sp³-hybridized carbons (Fsp3) is 0.647. The minimum Gasteiger partial charge on any atom is -0.450 e. The third kappa shape index (κ3) is 5.79. The lowest BCUT2D eigenvalue weighted by molar-refractivity contribution is -0.903. The van der Waals surface area contributed by atoms with Gasteiger partial charge in [0.05, 0.1) is 18.0 Å². The summed E-state index contributed by atoms with van der Waals surface area (Å²) in [5.74, 6) is 0.0954. The van der Waals surface area contributed by atoms with E-state index in [1.807, 2.05) is 13.0 Å². The van der Waals surface area contributed by atoms with Crippen LogP contribution in [0.15, 0.2) is 17.5 Å². The topological polar surface area (TPSA) is 63.1 Å². The summed E-state index contributed by atoms with van der Waals surface area (Å²) in [6.45, 7) is 7.90. The molecule has 2 heterocycles. The molecule has 2 rings (SSSR count). The SMILES string of the molecule is CCOC(=O)N1CCC(NC(=O)C[NH+](CC)Cc2cccs2)CC1. The molecular weight excluding hydrogens is 326 g/mol. The van der Waals surface area contributed by atoms with Crippen LogP contribution in [0.4, 0.5) is 4.79 Å². The highest BCUT2D eigenvalue weighted by Crippen LogP contribution is 2.11. The summed E-state index contributed by atoms with van der Waals surface area (Å²) in [6.07, 6.45) is 1.33. The van der Waals surface area contributed by atoms with Gasteiger partial charge in [-0.15, -0.1) is 11.3 Å². The number of likely N-dealkylation sites (tertiary alicyclic amines) is 1. The number of nitrogens with one attached hydrogen (secondary N) is 2. The van der Waals surface area contributed by atoms with Crippen molar-refractivity contribution in [3.63, 3.8) is 0 Å². The molecule has 1 aromatic heterocycles. The van der Waals surface area contributed by atoms with Crippen molar-refractivity contribution in [3.8, 4) is 0 Å². The summed E-state index contributed by atoms with van der Waals surface area (Å²) in [6, 6.07) is 4.32. The highest BCUT2D eigenvalue weighted by molar-refractivity contribution is 7.09. The van der Waals surface area contributed by atoms with Gasteiger partial charge in [-0.2, -0.15) is 0 Å². The maximum Gasteiger partial charge on any atom is 0.409 e. The molecule has 1 fully saturated rings. The van der Waals surface area contributed by atoms with Crippen molar-refractivity contribution in [2.45, 2.75) is 39.3 Å². The lowest BCUT2D eigenvalue weighted by Crippen LogP contribution is -3.11. The molecule has 2 amide bonds. The lowest BCUT2D eigenvalue weighted by Gasteiger charge is -2.31. The number of thiophene rings is 1. The van der Waals surface area contributed by atoms with Crippen molar-refractivity contribution in [1.29, 1.82) is 0 Å². The highest BCUT2D eigenvalue weighted by Gasteiger charge is 2.25. The number of ether oxygens (including phenoxy) is 1. The summed E-state index contributed by atoms with van der Waals surface area (Å²) in [5.41, 5.74) is 0. The Morgan fingerprint density at radius 3 is 2.71 bits per heavy atom. The third-order valence-corrected chi connectivity index (χ3v) is 5.18. The fourth-order valence-electron chi connectivity index (χ4n) is 2.90. The second-order valence-corrected chi connectivity index (χ2v) is 7.10. The van der Waals surface area contributed by atoms with Gasteiger partial charge >= 0.3 is 6.09 Å². The van der Waals surface area contributed by atoms with Gasteiger partial charge in [-0.05, 0) is 38.1 Å². The molecule has 0 aliphatic carbocycles. The number of piperidine rings is 1. The van der Waals surface area contributed by atoms with Gasteiger partial charge in [-0.1, -0.05) is 6.07 Å². The number of carbonyl (C=O) groups excluding carboxylic acids is 2. The minimum absolute atomic E-state index is 0.0954. The first-order valence-corrected chi connectivity index (χ1v) is 9.57. The van der Waals surface area contributed by atoms with E-state index in [4.69, 9.17) is 4.74 Å². The Balaban J connectivity index is 1.71. The van der Waals surface area contributed by atoms with E-state index in [9.17, 15) is 9.59 Å². The van der Waals surface area contributed by atoms with Crippen LogP contribution in [0.1, 0.15) is 31.6 Å². The van der Waals surface area contributed by atoms with Crippen molar-refractivity contribution in [2.24, 2.45) is 0 Å². The molecule has 7 heteroatoms. The van der Waals surface area contributed by atoms with E-state index in [2.05, 4.69) is 23.7 Å². The number of carbonyl (C=O) groups is 2. The Morgan fingerprint density at radius 1 is 1.38 bits per heavy atom. The number of amides is 2. The first-order valence-electron chi connectivity index (χ1n) is 8.69. The van der Waals surface area contributed by atoms with E-state index < -0.39 is 0 Å². The molecule has 1 aliphatic rings. The van der Waals surface area contributed by atoms with Crippen molar-refractivity contribution in [3.05, 3.63) is 22.4 Å². The van der Waals surface area contributed by atoms with Crippen LogP contribution in [0.25, 0.3) is 0 Å². The quantitative estimate of drug-likeness (QED) is 0.764. The van der Waals surface area contributed by atoms with E-state index in [0.717, 1.165) is 25.9 Å². The maximum absolute atomic E-state index is 12.3. The van der Waals surface area contributed by atoms with Gasteiger partial charge in [0.25, 0.3) is 5.91 Å². The maximum atomic E-state index is 12.3. The molecule has 1 atom stereocenters. The molecule has 1 unspecified atom stereocenters. The summed E-state index contributed by atoms with van der Waals surface area (Å²) in [5, 5.41) is 5.19. The predicted octanol–water partition coefficient (Wildman–Crippen LogP) is 0.890. The third-order valence-electron chi connectivity index (χ3n) is 4.30. The van der Waals surface area contributed by atoms with E-state index in [-0.39, 0.29) is 18.0 Å². The van der Waals surface area contributed by atoms with Crippen LogP contribution in [0, 0.1) is 0 Å². The first-order chi connectivity index (χ1) is 11.6.